The highest BCUT2D eigenvalue weighted by Crippen LogP contribution is 2.38. The van der Waals surface area contributed by atoms with Gasteiger partial charge in [-0.25, -0.2) is 27.5 Å². The topological polar surface area (TPSA) is 155 Å². The molecule has 0 spiro atoms. The van der Waals surface area contributed by atoms with E-state index >= 15 is 0 Å². The molecule has 4 rings (SSSR count). The third-order valence-electron chi connectivity index (χ3n) is 5.86. The number of nitrogens with two attached hydrogens (primary N) is 1. The van der Waals surface area contributed by atoms with Gasteiger partial charge in [0.1, 0.15) is 16.9 Å². The third-order valence-corrected chi connectivity index (χ3v) is 7.80. The van der Waals surface area contributed by atoms with Crippen molar-refractivity contribution in [2.75, 3.05) is 18.5 Å². The maximum Gasteiger partial charge on any atom is 0.491 e. The van der Waals surface area contributed by atoms with Crippen LogP contribution in [0.2, 0.25) is 0 Å². The van der Waals surface area contributed by atoms with Crippen molar-refractivity contribution in [3.8, 4) is 5.75 Å². The number of likely N-dealkylation sites (N-methyl/N-ethyl adjacent to an activating group) is 1. The van der Waals surface area contributed by atoms with Crippen LogP contribution in [0.1, 0.15) is 24.1 Å². The molecule has 0 bridgehead atoms. The molecule has 1 fully saturated rings. The second-order valence-electron chi connectivity index (χ2n) is 8.65. The Morgan fingerprint density at radius 2 is 1.95 bits per heavy atom. The molecule has 1 aromatic carbocycles. The summed E-state index contributed by atoms with van der Waals surface area (Å²) in [4.78, 5) is 39.9. The Morgan fingerprint density at radius 1 is 1.27 bits per heavy atom. The average molecular weight is 542 g/mol. The second kappa shape index (κ2) is 9.21. The zero-order valence-corrected chi connectivity index (χ0v) is 20.4. The first-order valence-corrected chi connectivity index (χ1v) is 12.6. The number of fused-ring (bicyclic) bond motifs is 1. The standard InChI is InChI=1S/C22H22F3N5O6S/c1-11-18(36-21(33)22(23,24)25)19(37(34,35)9-12-3-4-12)17(26)20(32)30(11)29-10-28-14-7-13(5-6-15(14)29)8-16(31)27-2/h5-7,10,12H,3-4,8-9,26H2,1-2H3,(H,27,31). The zero-order chi connectivity index (χ0) is 27.3. The van der Waals surface area contributed by atoms with Crippen molar-refractivity contribution in [3.05, 3.63) is 46.1 Å². The number of anilines is 1. The zero-order valence-electron chi connectivity index (χ0n) is 19.6. The first-order chi connectivity index (χ1) is 17.2. The second-order valence-corrected chi connectivity index (χ2v) is 10.6. The predicted molar refractivity (Wildman–Crippen MR) is 125 cm³/mol. The molecule has 2 aromatic heterocycles. The van der Waals surface area contributed by atoms with Gasteiger partial charge in [0, 0.05) is 7.05 Å². The summed E-state index contributed by atoms with van der Waals surface area (Å²) in [6.45, 7) is 1.13. The van der Waals surface area contributed by atoms with Crippen LogP contribution in [0.25, 0.3) is 11.0 Å². The smallest absolute Gasteiger partial charge is 0.416 e. The SMILES string of the molecule is CNC(=O)Cc1ccc2c(c1)ncn2-n1c(C)c(OC(=O)C(F)(F)F)c(S(=O)(=O)CC2CC2)c(N)c1=O. The Kier molecular flexibility index (Phi) is 6.52. The quantitative estimate of drug-likeness (QED) is 0.425. The Bertz CT molecular complexity index is 1590. The lowest BCUT2D eigenvalue weighted by atomic mass is 10.1. The predicted octanol–water partition coefficient (Wildman–Crippen LogP) is 1.34. The lowest BCUT2D eigenvalue weighted by Gasteiger charge is -2.20. The molecule has 0 aliphatic heterocycles. The van der Waals surface area contributed by atoms with E-state index in [2.05, 4.69) is 15.0 Å². The Balaban J connectivity index is 1.93. The van der Waals surface area contributed by atoms with Crippen molar-refractivity contribution in [2.24, 2.45) is 5.92 Å². The van der Waals surface area contributed by atoms with Crippen LogP contribution in [0.5, 0.6) is 5.75 Å². The largest absolute Gasteiger partial charge is 0.491 e. The number of ether oxygens (including phenoxy) is 1. The molecule has 1 aliphatic rings. The average Bonchev–Trinajstić information content (AvgIpc) is 3.52. The molecule has 1 aliphatic carbocycles. The molecule has 3 aromatic rings. The van der Waals surface area contributed by atoms with Crippen molar-refractivity contribution >= 4 is 38.4 Å². The van der Waals surface area contributed by atoms with Crippen LogP contribution < -0.4 is 21.3 Å². The van der Waals surface area contributed by atoms with Gasteiger partial charge in [-0.3, -0.25) is 9.59 Å². The van der Waals surface area contributed by atoms with Crippen molar-refractivity contribution in [3.63, 3.8) is 0 Å². The number of nitrogens with zero attached hydrogens (tertiary/aromatic N) is 3. The van der Waals surface area contributed by atoms with E-state index in [-0.39, 0.29) is 23.8 Å². The molecule has 198 valence electrons. The number of halogens is 3. The number of nitrogens with one attached hydrogen (secondary N) is 1. The Morgan fingerprint density at radius 3 is 2.54 bits per heavy atom. The summed E-state index contributed by atoms with van der Waals surface area (Å²) in [6, 6.07) is 4.67. The van der Waals surface area contributed by atoms with Gasteiger partial charge in [-0.15, -0.1) is 0 Å². The van der Waals surface area contributed by atoms with Crippen LogP contribution in [0, 0.1) is 12.8 Å². The van der Waals surface area contributed by atoms with E-state index in [1.165, 1.54) is 13.1 Å². The minimum Gasteiger partial charge on any atom is -0.416 e. The van der Waals surface area contributed by atoms with Gasteiger partial charge in [0.2, 0.25) is 5.91 Å². The molecule has 0 atom stereocenters. The molecule has 1 saturated carbocycles. The number of nitrogen functional groups attached to an aromatic ring is 1. The number of sulfone groups is 1. The van der Waals surface area contributed by atoms with Gasteiger partial charge < -0.3 is 15.8 Å². The molecule has 15 heteroatoms. The Labute approximate surface area is 207 Å². The molecule has 1 amide bonds. The van der Waals surface area contributed by atoms with E-state index in [9.17, 15) is 36.0 Å². The number of esters is 1. The van der Waals surface area contributed by atoms with Crippen LogP contribution in [0.4, 0.5) is 18.9 Å². The lowest BCUT2D eigenvalue weighted by molar-refractivity contribution is -0.189. The highest BCUT2D eigenvalue weighted by Gasteiger charge is 2.44. The van der Waals surface area contributed by atoms with E-state index < -0.39 is 55.3 Å². The molecular formula is C22H22F3N5O6S. The van der Waals surface area contributed by atoms with E-state index in [1.54, 1.807) is 12.1 Å². The molecule has 3 N–H and O–H groups in total. The van der Waals surface area contributed by atoms with Gasteiger partial charge in [-0.05, 0) is 43.4 Å². The molecule has 0 saturated heterocycles. The number of hydrogen-bond acceptors (Lipinski definition) is 8. The van der Waals surface area contributed by atoms with Crippen LogP contribution in [0.3, 0.4) is 0 Å². The van der Waals surface area contributed by atoms with Crippen molar-refractivity contribution < 1.29 is 35.9 Å². The van der Waals surface area contributed by atoms with Crippen LogP contribution in [-0.2, 0) is 25.8 Å². The number of imidazole rings is 1. The summed E-state index contributed by atoms with van der Waals surface area (Å²) in [6.07, 6.45) is -3.04. The number of aromatic nitrogens is 3. The van der Waals surface area contributed by atoms with Crippen LogP contribution in [0.15, 0.2) is 34.2 Å². The Hall–Kier alpha value is -3.88. The molecule has 0 radical (unpaired) electrons. The molecule has 0 unspecified atom stereocenters. The number of hydrogen-bond donors (Lipinski definition) is 2. The maximum atomic E-state index is 13.3. The summed E-state index contributed by atoms with van der Waals surface area (Å²) in [5, 5.41) is 2.48. The van der Waals surface area contributed by atoms with Gasteiger partial charge >= 0.3 is 12.1 Å². The van der Waals surface area contributed by atoms with Crippen molar-refractivity contribution in [1.29, 1.82) is 0 Å². The number of carbonyl (C=O) groups is 2. The maximum absolute atomic E-state index is 13.3. The fraction of sp³-hybridized carbons (Fsp3) is 0.364. The molecule has 2 heterocycles. The van der Waals surface area contributed by atoms with Crippen LogP contribution in [-0.4, -0.2) is 53.6 Å². The van der Waals surface area contributed by atoms with Crippen molar-refractivity contribution in [2.45, 2.75) is 37.3 Å². The highest BCUT2D eigenvalue weighted by atomic mass is 32.2. The molecular weight excluding hydrogens is 519 g/mol. The van der Waals surface area contributed by atoms with Gasteiger partial charge in [0.25, 0.3) is 5.56 Å². The van der Waals surface area contributed by atoms with Gasteiger partial charge in [-0.2, -0.15) is 13.2 Å². The van der Waals surface area contributed by atoms with E-state index in [0.717, 1.165) is 22.6 Å². The normalized spacial score (nSPS) is 14.1. The number of alkyl halides is 3. The number of amides is 1. The van der Waals surface area contributed by atoms with E-state index in [0.29, 0.717) is 23.9 Å². The van der Waals surface area contributed by atoms with Gasteiger partial charge in [-0.1, -0.05) is 6.07 Å². The summed E-state index contributed by atoms with van der Waals surface area (Å²) < 4.78 is 71.8. The van der Waals surface area contributed by atoms with E-state index in [1.807, 2.05) is 0 Å². The van der Waals surface area contributed by atoms with Gasteiger partial charge in [0.05, 0.1) is 28.9 Å². The first kappa shape index (κ1) is 26.2. The molecule has 37 heavy (non-hydrogen) atoms. The van der Waals surface area contributed by atoms with Crippen molar-refractivity contribution in [1.82, 2.24) is 19.7 Å². The number of benzene rings is 1. The number of rotatable bonds is 7. The third kappa shape index (κ3) is 5.03. The lowest BCUT2D eigenvalue weighted by Crippen LogP contribution is -2.35. The monoisotopic (exact) mass is 541 g/mol. The van der Waals surface area contributed by atoms with Gasteiger partial charge in [0.15, 0.2) is 15.6 Å². The summed E-state index contributed by atoms with van der Waals surface area (Å²) in [5.74, 6) is -4.60. The van der Waals surface area contributed by atoms with Crippen LogP contribution >= 0.6 is 0 Å². The highest BCUT2D eigenvalue weighted by molar-refractivity contribution is 7.91. The number of carbonyl (C=O) groups excluding carboxylic acids is 2. The molecule has 11 nitrogen and oxygen atoms in total. The summed E-state index contributed by atoms with van der Waals surface area (Å²) in [5.41, 5.74) is 4.74. The summed E-state index contributed by atoms with van der Waals surface area (Å²) in [7, 11) is -2.91. The summed E-state index contributed by atoms with van der Waals surface area (Å²) >= 11 is 0. The minimum atomic E-state index is -5.44. The fourth-order valence-electron chi connectivity index (χ4n) is 3.85. The fourth-order valence-corrected chi connectivity index (χ4v) is 5.87. The number of pyridine rings is 1. The first-order valence-electron chi connectivity index (χ1n) is 11.0. The minimum absolute atomic E-state index is 0.0519. The van der Waals surface area contributed by atoms with E-state index in [4.69, 9.17) is 5.73 Å².